The maximum absolute atomic E-state index is 13.0. The number of benzene rings is 2. The molecule has 2 heterocycles. The quantitative estimate of drug-likeness (QED) is 0.330. The molecule has 1 aliphatic heterocycles. The number of azo groups is 1. The smallest absolute Gasteiger partial charge is 0.505 e. The van der Waals surface area contributed by atoms with Gasteiger partial charge >= 0.3 is 17.1 Å². The van der Waals surface area contributed by atoms with Crippen LogP contribution in [0.2, 0.25) is 0 Å². The van der Waals surface area contributed by atoms with Gasteiger partial charge in [-0.3, -0.25) is 19.3 Å². The molecule has 9 heteroatoms. The van der Waals surface area contributed by atoms with Gasteiger partial charge in [0.2, 0.25) is 0 Å². The van der Waals surface area contributed by atoms with Gasteiger partial charge in [0.15, 0.2) is 11.4 Å². The van der Waals surface area contributed by atoms with Crippen LogP contribution in [-0.2, 0) is 24.1 Å². The second-order valence-corrected chi connectivity index (χ2v) is 7.43. The Hall–Kier alpha value is -3.29. The van der Waals surface area contributed by atoms with Gasteiger partial charge in [-0.2, -0.15) is 0 Å². The van der Waals surface area contributed by atoms with E-state index in [-0.39, 0.29) is 57.3 Å². The van der Waals surface area contributed by atoms with E-state index in [0.717, 1.165) is 0 Å². The number of aryl methyl sites for hydroxylation is 1. The van der Waals surface area contributed by atoms with Crippen molar-refractivity contribution >= 4 is 34.1 Å². The molecule has 0 fully saturated rings. The molecule has 1 N–H and O–H groups in total. The van der Waals surface area contributed by atoms with E-state index >= 15 is 0 Å². The van der Waals surface area contributed by atoms with Crippen LogP contribution in [0.1, 0.15) is 47.4 Å². The normalized spacial score (nSPS) is 13.3. The Bertz CT molecular complexity index is 1310. The number of imide groups is 1. The minimum atomic E-state index is -0.520. The maximum Gasteiger partial charge on any atom is 2.00 e. The summed E-state index contributed by atoms with van der Waals surface area (Å²) in [6.07, 6.45) is 1.31. The summed E-state index contributed by atoms with van der Waals surface area (Å²) >= 11 is 0. The minimum Gasteiger partial charge on any atom is -0.505 e. The van der Waals surface area contributed by atoms with Crippen LogP contribution in [0.3, 0.4) is 0 Å². The third kappa shape index (κ3) is 3.53. The molecule has 0 unspecified atom stereocenters. The van der Waals surface area contributed by atoms with Crippen LogP contribution >= 0.6 is 0 Å². The number of nitrogens with zero attached hydrogens (tertiary/aromatic N) is 4. The fourth-order valence-corrected chi connectivity index (χ4v) is 4.01. The molecule has 0 spiro atoms. The first kappa shape index (κ1) is 23.4. The van der Waals surface area contributed by atoms with Crippen molar-refractivity contribution < 1.29 is 31.8 Å². The average molecular weight is 482 g/mol. The van der Waals surface area contributed by atoms with Crippen molar-refractivity contribution in [1.82, 2.24) is 9.47 Å². The summed E-state index contributed by atoms with van der Waals surface area (Å²) in [5, 5.41) is 19.2. The van der Waals surface area contributed by atoms with Crippen molar-refractivity contribution in [2.24, 2.45) is 17.3 Å². The molecule has 32 heavy (non-hydrogen) atoms. The van der Waals surface area contributed by atoms with Gasteiger partial charge in [0.05, 0.1) is 22.3 Å². The van der Waals surface area contributed by atoms with Gasteiger partial charge < -0.3 is 9.67 Å². The Morgan fingerprint density at radius 1 is 0.938 bits per heavy atom. The molecule has 8 nitrogen and oxygen atoms in total. The Morgan fingerprint density at radius 2 is 1.62 bits per heavy atom. The summed E-state index contributed by atoms with van der Waals surface area (Å²) in [5.41, 5.74) is 0.426. The average Bonchev–Trinajstić information content (AvgIpc) is 3.04. The number of aromatic hydroxyl groups is 1. The molecule has 4 rings (SSSR count). The molecule has 1 aromatic heterocycles. The molecular weight excluding hydrogens is 460 g/mol. The summed E-state index contributed by atoms with van der Waals surface area (Å²) in [4.78, 5) is 39.9. The molecule has 0 bridgehead atoms. The van der Waals surface area contributed by atoms with E-state index in [9.17, 15) is 19.5 Å². The molecule has 0 aliphatic carbocycles. The first-order valence-electron chi connectivity index (χ1n) is 10.1. The number of carbonyl (C=O) groups excluding carboxylic acids is 2. The third-order valence-corrected chi connectivity index (χ3v) is 5.74. The molecule has 0 saturated carbocycles. The molecule has 2 aromatic carbocycles. The Kier molecular flexibility index (Phi) is 6.62. The van der Waals surface area contributed by atoms with Crippen molar-refractivity contribution in [3.05, 3.63) is 63.9 Å². The third-order valence-electron chi connectivity index (χ3n) is 5.74. The number of amides is 2. The van der Waals surface area contributed by atoms with Crippen LogP contribution in [0, 0.1) is 0 Å². The summed E-state index contributed by atoms with van der Waals surface area (Å²) in [7, 11) is 1.58. The summed E-state index contributed by atoms with van der Waals surface area (Å²) in [6, 6.07) is 11.5. The predicted octanol–water partition coefficient (Wildman–Crippen LogP) is 4.44. The molecule has 1 radical (unpaired) electrons. The second kappa shape index (κ2) is 9.06. The number of aromatic nitrogens is 1. The van der Waals surface area contributed by atoms with E-state index in [1.54, 1.807) is 49.5 Å². The summed E-state index contributed by atoms with van der Waals surface area (Å²) in [6.45, 7) is 3.85. The summed E-state index contributed by atoms with van der Waals surface area (Å²) in [5.74, 6) is -1.05. The molecule has 1 aliphatic rings. The molecule has 0 saturated heterocycles. The zero-order valence-corrected chi connectivity index (χ0v) is 18.7. The monoisotopic (exact) mass is 481 g/mol. The molecule has 0 atom stereocenters. The van der Waals surface area contributed by atoms with Crippen molar-refractivity contribution in [3.63, 3.8) is 0 Å². The van der Waals surface area contributed by atoms with Gasteiger partial charge in [0, 0.05) is 18.5 Å². The first-order valence-corrected chi connectivity index (χ1v) is 10.1. The van der Waals surface area contributed by atoms with Crippen molar-refractivity contribution in [1.29, 1.82) is 0 Å². The predicted molar refractivity (Wildman–Crippen MR) is 116 cm³/mol. The standard InChI is InChI=1S/C23H22N4O4.Cu/c1-4-13(5-2)27-21(29)15-10-8-11-16(18(15)22(27)30)24-25-19-20(28)14-9-6-7-12-17(14)26(3)23(19)31;/h6-13,28H,4-5H2,1-3H3;/q;+2. The van der Waals surface area contributed by atoms with Crippen LogP contribution in [0.5, 0.6) is 5.75 Å². The van der Waals surface area contributed by atoms with Gasteiger partial charge in [-0.05, 0) is 37.1 Å². The van der Waals surface area contributed by atoms with Gasteiger partial charge in [0.25, 0.3) is 17.4 Å². The van der Waals surface area contributed by atoms with Gasteiger partial charge in [-0.25, -0.2) is 0 Å². The zero-order valence-electron chi connectivity index (χ0n) is 17.8. The number of para-hydroxylation sites is 1. The van der Waals surface area contributed by atoms with Crippen molar-refractivity contribution in [3.8, 4) is 5.75 Å². The van der Waals surface area contributed by atoms with Gasteiger partial charge in [0.1, 0.15) is 0 Å². The van der Waals surface area contributed by atoms with Crippen LogP contribution in [0.4, 0.5) is 11.4 Å². The van der Waals surface area contributed by atoms with E-state index < -0.39 is 11.5 Å². The van der Waals surface area contributed by atoms with E-state index in [1.165, 1.54) is 9.47 Å². The zero-order chi connectivity index (χ0) is 22.3. The van der Waals surface area contributed by atoms with Crippen molar-refractivity contribution in [2.45, 2.75) is 32.7 Å². The minimum absolute atomic E-state index is 0. The van der Waals surface area contributed by atoms with Crippen molar-refractivity contribution in [2.75, 3.05) is 0 Å². The Balaban J connectivity index is 0.00000289. The SMILES string of the molecule is CCC(CC)N1C(=O)c2cccc(N=Nc3c(O)c4ccccc4n(C)c3=O)c2C1=O.[Cu+2]. The van der Waals surface area contributed by atoms with Crippen LogP contribution in [0.25, 0.3) is 10.9 Å². The number of rotatable bonds is 5. The number of fused-ring (bicyclic) bond motifs is 2. The number of hydrogen-bond donors (Lipinski definition) is 1. The van der Waals surface area contributed by atoms with Gasteiger partial charge in [-0.1, -0.05) is 32.0 Å². The number of hydrogen-bond acceptors (Lipinski definition) is 6. The topological polar surface area (TPSA) is 104 Å². The molecule has 3 aromatic rings. The fourth-order valence-electron chi connectivity index (χ4n) is 4.01. The molecule has 167 valence electrons. The number of pyridine rings is 1. The maximum atomic E-state index is 13.0. The van der Waals surface area contributed by atoms with Crippen LogP contribution < -0.4 is 5.56 Å². The Morgan fingerprint density at radius 3 is 2.31 bits per heavy atom. The summed E-state index contributed by atoms with van der Waals surface area (Å²) < 4.78 is 1.38. The molecule has 2 amide bonds. The second-order valence-electron chi connectivity index (χ2n) is 7.43. The van der Waals surface area contributed by atoms with Crippen LogP contribution in [0.15, 0.2) is 57.5 Å². The molecular formula is C23H22CuN4O4+2. The van der Waals surface area contributed by atoms with Gasteiger partial charge in [-0.15, -0.1) is 10.2 Å². The van der Waals surface area contributed by atoms with E-state index in [4.69, 9.17) is 0 Å². The largest absolute Gasteiger partial charge is 2.00 e. The first-order chi connectivity index (χ1) is 14.9. The van der Waals surface area contributed by atoms with E-state index in [0.29, 0.717) is 23.7 Å². The van der Waals surface area contributed by atoms with E-state index in [2.05, 4.69) is 10.2 Å². The van der Waals surface area contributed by atoms with E-state index in [1.807, 2.05) is 13.8 Å². The Labute approximate surface area is 195 Å². The number of carbonyl (C=O) groups is 2. The van der Waals surface area contributed by atoms with Crippen LogP contribution in [-0.4, -0.2) is 32.4 Å². The fraction of sp³-hybridized carbons (Fsp3) is 0.261.